The maximum absolute atomic E-state index is 5.39. The lowest BCUT2D eigenvalue weighted by molar-refractivity contribution is 0.0657. The van der Waals surface area contributed by atoms with Crippen LogP contribution in [-0.4, -0.2) is 25.0 Å². The third kappa shape index (κ3) is 1.29. The lowest BCUT2D eigenvalue weighted by atomic mass is 10.0. The molecule has 0 aliphatic carbocycles. The average Bonchev–Trinajstić information content (AvgIpc) is 2.13. The summed E-state index contributed by atoms with van der Waals surface area (Å²) < 4.78 is 5.39. The van der Waals surface area contributed by atoms with Gasteiger partial charge in [-0.2, -0.15) is 0 Å². The van der Waals surface area contributed by atoms with Crippen LogP contribution in [0.5, 0.6) is 0 Å². The molecule has 0 atom stereocenters. The highest BCUT2D eigenvalue weighted by atomic mass is 16.6. The Morgan fingerprint density at radius 3 is 2.70 bits per heavy atom. The molecule has 1 aliphatic heterocycles. The third-order valence-corrected chi connectivity index (χ3v) is 1.70. The van der Waals surface area contributed by atoms with Crippen molar-refractivity contribution in [3.05, 3.63) is 0 Å². The average molecular weight is 143 g/mol. The van der Waals surface area contributed by atoms with Crippen molar-refractivity contribution in [3.63, 3.8) is 0 Å². The normalized spacial score (nSPS) is 27.3. The van der Waals surface area contributed by atoms with Crippen LogP contribution < -0.4 is 0 Å². The van der Waals surface area contributed by atoms with Crippen LogP contribution in [0.1, 0.15) is 20.3 Å². The van der Waals surface area contributed by atoms with Crippen molar-refractivity contribution in [1.29, 1.82) is 0 Å². The fraction of sp³-hybridized carbons (Fsp3) is 0.857. The predicted molar refractivity (Wildman–Crippen MR) is 39.1 cm³/mol. The molecule has 1 aliphatic rings. The fourth-order valence-electron chi connectivity index (χ4n) is 1.05. The Hall–Kier alpha value is -0.570. The van der Waals surface area contributed by atoms with E-state index >= 15 is 0 Å². The maximum Gasteiger partial charge on any atom is 0.106 e. The second-order valence-electron chi connectivity index (χ2n) is 2.83. The molecule has 0 bridgehead atoms. The molecule has 1 saturated heterocycles. The van der Waals surface area contributed by atoms with Gasteiger partial charge < -0.3 is 9.57 Å². The first-order valence-electron chi connectivity index (χ1n) is 3.41. The molecule has 0 spiro atoms. The molecule has 1 rings (SSSR count). The van der Waals surface area contributed by atoms with Crippen LogP contribution in [0, 0.1) is 0 Å². The standard InChI is InChI=1S/C7H13NO2/c1-7(2)6(8-9-3)4-5-10-7/h4-5H2,1-3H3/b8-6-. The van der Waals surface area contributed by atoms with Crippen molar-refractivity contribution in [2.75, 3.05) is 13.7 Å². The van der Waals surface area contributed by atoms with Crippen molar-refractivity contribution in [1.82, 2.24) is 0 Å². The summed E-state index contributed by atoms with van der Waals surface area (Å²) in [7, 11) is 1.56. The molecule has 0 saturated carbocycles. The number of rotatable bonds is 1. The first kappa shape index (κ1) is 7.54. The van der Waals surface area contributed by atoms with Crippen molar-refractivity contribution in [2.24, 2.45) is 5.16 Å². The third-order valence-electron chi connectivity index (χ3n) is 1.70. The Morgan fingerprint density at radius 1 is 1.60 bits per heavy atom. The predicted octanol–water partition coefficient (Wildman–Crippen LogP) is 1.19. The lowest BCUT2D eigenvalue weighted by Crippen LogP contribution is -2.27. The smallest absolute Gasteiger partial charge is 0.106 e. The molecular weight excluding hydrogens is 130 g/mol. The molecule has 0 unspecified atom stereocenters. The minimum atomic E-state index is -0.212. The van der Waals surface area contributed by atoms with Gasteiger partial charge in [0, 0.05) is 6.42 Å². The first-order chi connectivity index (χ1) is 4.67. The number of oxime groups is 1. The van der Waals surface area contributed by atoms with Gasteiger partial charge in [0.25, 0.3) is 0 Å². The molecule has 0 aromatic rings. The molecule has 0 aromatic heterocycles. The molecule has 0 radical (unpaired) electrons. The Morgan fingerprint density at radius 2 is 2.30 bits per heavy atom. The summed E-state index contributed by atoms with van der Waals surface area (Å²) in [5.41, 5.74) is 0.783. The van der Waals surface area contributed by atoms with Crippen LogP contribution in [-0.2, 0) is 9.57 Å². The van der Waals surface area contributed by atoms with Gasteiger partial charge in [-0.3, -0.25) is 0 Å². The Bertz CT molecular complexity index is 152. The van der Waals surface area contributed by atoms with E-state index in [4.69, 9.17) is 4.74 Å². The summed E-state index contributed by atoms with van der Waals surface area (Å²) in [5.74, 6) is 0. The second-order valence-corrected chi connectivity index (χ2v) is 2.83. The SMILES string of the molecule is CO/N=C1/CCOC1(C)C. The highest BCUT2D eigenvalue weighted by molar-refractivity contribution is 5.92. The van der Waals surface area contributed by atoms with Crippen LogP contribution in [0.4, 0.5) is 0 Å². The number of nitrogens with zero attached hydrogens (tertiary/aromatic N) is 1. The van der Waals surface area contributed by atoms with E-state index in [1.165, 1.54) is 0 Å². The lowest BCUT2D eigenvalue weighted by Gasteiger charge is -2.16. The zero-order chi connectivity index (χ0) is 7.61. The minimum absolute atomic E-state index is 0.212. The van der Waals surface area contributed by atoms with Gasteiger partial charge in [0.05, 0.1) is 12.3 Å². The number of ether oxygens (including phenoxy) is 1. The van der Waals surface area contributed by atoms with E-state index in [0.717, 1.165) is 18.7 Å². The molecule has 0 aromatic carbocycles. The molecule has 1 fully saturated rings. The highest BCUT2D eigenvalue weighted by Gasteiger charge is 2.32. The van der Waals surface area contributed by atoms with E-state index in [0.29, 0.717) is 0 Å². The molecule has 58 valence electrons. The zero-order valence-corrected chi connectivity index (χ0v) is 6.68. The molecule has 0 amide bonds. The van der Waals surface area contributed by atoms with Gasteiger partial charge in [0.15, 0.2) is 0 Å². The molecule has 1 heterocycles. The summed E-state index contributed by atoms with van der Waals surface area (Å²) >= 11 is 0. The van der Waals surface area contributed by atoms with Crippen molar-refractivity contribution in [2.45, 2.75) is 25.9 Å². The minimum Gasteiger partial charge on any atom is -0.399 e. The van der Waals surface area contributed by atoms with Gasteiger partial charge >= 0.3 is 0 Å². The number of hydrogen-bond acceptors (Lipinski definition) is 3. The van der Waals surface area contributed by atoms with E-state index in [2.05, 4.69) is 9.99 Å². The van der Waals surface area contributed by atoms with E-state index in [1.807, 2.05) is 13.8 Å². The van der Waals surface area contributed by atoms with E-state index < -0.39 is 0 Å². The Labute approximate surface area is 61.0 Å². The van der Waals surface area contributed by atoms with Gasteiger partial charge in [-0.25, -0.2) is 0 Å². The molecule has 0 N–H and O–H groups in total. The van der Waals surface area contributed by atoms with E-state index in [1.54, 1.807) is 7.11 Å². The van der Waals surface area contributed by atoms with Gasteiger partial charge in [-0.15, -0.1) is 0 Å². The maximum atomic E-state index is 5.39. The Kier molecular flexibility index (Phi) is 1.94. The van der Waals surface area contributed by atoms with Crippen LogP contribution in [0.2, 0.25) is 0 Å². The summed E-state index contributed by atoms with van der Waals surface area (Å²) in [5, 5.41) is 3.87. The van der Waals surface area contributed by atoms with Crippen molar-refractivity contribution >= 4 is 5.71 Å². The second kappa shape index (κ2) is 2.58. The summed E-state index contributed by atoms with van der Waals surface area (Å²) in [6, 6.07) is 0. The van der Waals surface area contributed by atoms with Gasteiger partial charge in [-0.1, -0.05) is 5.16 Å². The van der Waals surface area contributed by atoms with E-state index in [-0.39, 0.29) is 5.60 Å². The molecule has 3 nitrogen and oxygen atoms in total. The first-order valence-corrected chi connectivity index (χ1v) is 3.41. The monoisotopic (exact) mass is 143 g/mol. The number of hydrogen-bond donors (Lipinski definition) is 0. The molecular formula is C7H13NO2. The largest absolute Gasteiger partial charge is 0.399 e. The quantitative estimate of drug-likeness (QED) is 0.516. The van der Waals surface area contributed by atoms with Crippen LogP contribution in [0.3, 0.4) is 0 Å². The Balaban J connectivity index is 2.68. The van der Waals surface area contributed by atoms with Crippen LogP contribution in [0.15, 0.2) is 5.16 Å². The van der Waals surface area contributed by atoms with Gasteiger partial charge in [0.1, 0.15) is 12.7 Å². The van der Waals surface area contributed by atoms with Crippen molar-refractivity contribution < 1.29 is 9.57 Å². The highest BCUT2D eigenvalue weighted by Crippen LogP contribution is 2.21. The van der Waals surface area contributed by atoms with Gasteiger partial charge in [0.2, 0.25) is 0 Å². The van der Waals surface area contributed by atoms with Crippen molar-refractivity contribution in [3.8, 4) is 0 Å². The zero-order valence-electron chi connectivity index (χ0n) is 6.68. The topological polar surface area (TPSA) is 30.8 Å². The summed E-state index contributed by atoms with van der Waals surface area (Å²) in [6.07, 6.45) is 0.890. The fourth-order valence-corrected chi connectivity index (χ4v) is 1.05. The molecule has 3 heteroatoms. The van der Waals surface area contributed by atoms with E-state index in [9.17, 15) is 0 Å². The molecule has 10 heavy (non-hydrogen) atoms. The van der Waals surface area contributed by atoms with Gasteiger partial charge in [-0.05, 0) is 13.8 Å². The van der Waals surface area contributed by atoms with Crippen LogP contribution in [0.25, 0.3) is 0 Å². The van der Waals surface area contributed by atoms with Crippen LogP contribution >= 0.6 is 0 Å². The summed E-state index contributed by atoms with van der Waals surface area (Å²) in [4.78, 5) is 4.67. The summed E-state index contributed by atoms with van der Waals surface area (Å²) in [6.45, 7) is 4.75.